The van der Waals surface area contributed by atoms with E-state index >= 15 is 0 Å². The number of esters is 1. The number of benzene rings is 2. The van der Waals surface area contributed by atoms with Crippen molar-refractivity contribution in [3.05, 3.63) is 65.2 Å². The second kappa shape index (κ2) is 12.2. The molecule has 1 aliphatic heterocycles. The zero-order valence-corrected chi connectivity index (χ0v) is 21.4. The summed E-state index contributed by atoms with van der Waals surface area (Å²) in [7, 11) is -0.814. The molecule has 0 saturated carbocycles. The predicted molar refractivity (Wildman–Crippen MR) is 135 cm³/mol. The van der Waals surface area contributed by atoms with E-state index in [-0.39, 0.29) is 6.61 Å². The van der Waals surface area contributed by atoms with Gasteiger partial charge in [-0.05, 0) is 49.0 Å². The third-order valence-electron chi connectivity index (χ3n) is 5.70. The third kappa shape index (κ3) is 7.93. The van der Waals surface area contributed by atoms with Crippen molar-refractivity contribution in [2.24, 2.45) is 0 Å². The number of rotatable bonds is 10. The van der Waals surface area contributed by atoms with Crippen LogP contribution in [-0.2, 0) is 20.8 Å². The van der Waals surface area contributed by atoms with Gasteiger partial charge in [0.25, 0.3) is 0 Å². The van der Waals surface area contributed by atoms with E-state index in [2.05, 4.69) is 18.8 Å². The van der Waals surface area contributed by atoms with Gasteiger partial charge in [0.1, 0.15) is 43.4 Å². The topological polar surface area (TPSA) is 115 Å². The van der Waals surface area contributed by atoms with Crippen LogP contribution in [0.5, 0.6) is 5.75 Å². The largest absolute Gasteiger partial charge is 0.489 e. The fourth-order valence-corrected chi connectivity index (χ4v) is 4.09. The molecule has 35 heavy (non-hydrogen) atoms. The maximum atomic E-state index is 12.8. The predicted octanol–water partition coefficient (Wildman–Crippen LogP) is 2.25. The van der Waals surface area contributed by atoms with Crippen molar-refractivity contribution >= 4 is 16.0 Å². The van der Waals surface area contributed by atoms with Gasteiger partial charge in [0, 0.05) is 5.75 Å². The minimum absolute atomic E-state index is 0.317. The van der Waals surface area contributed by atoms with Crippen LogP contribution in [0.25, 0.3) is 0 Å². The van der Waals surface area contributed by atoms with Crippen LogP contribution in [0.2, 0.25) is 0 Å². The Hall–Kier alpha value is -2.14. The number of carbonyl (C=O) groups is 1. The van der Waals surface area contributed by atoms with Crippen LogP contribution in [0.15, 0.2) is 48.5 Å². The van der Waals surface area contributed by atoms with Gasteiger partial charge >= 0.3 is 5.97 Å². The van der Waals surface area contributed by atoms with E-state index in [1.54, 1.807) is 25.1 Å². The van der Waals surface area contributed by atoms with Gasteiger partial charge in [-0.1, -0.05) is 36.4 Å². The van der Waals surface area contributed by atoms with Crippen LogP contribution in [0.4, 0.5) is 0 Å². The van der Waals surface area contributed by atoms with Gasteiger partial charge in [-0.3, -0.25) is 0 Å². The molecular weight excluding hydrogens is 472 g/mol. The highest BCUT2D eigenvalue weighted by molar-refractivity contribution is 8.32. The normalized spacial score (nSPS) is 25.2. The van der Waals surface area contributed by atoms with Crippen molar-refractivity contribution < 1.29 is 39.1 Å². The molecule has 5 atom stereocenters. The maximum Gasteiger partial charge on any atom is 0.338 e. The minimum Gasteiger partial charge on any atom is -0.489 e. The molecule has 2 aromatic rings. The molecule has 0 bridgehead atoms. The molecule has 0 aliphatic carbocycles. The average molecular weight is 509 g/mol. The highest BCUT2D eigenvalue weighted by Gasteiger charge is 2.44. The molecule has 0 aromatic heterocycles. The lowest BCUT2D eigenvalue weighted by molar-refractivity contribution is -0.299. The van der Waals surface area contributed by atoms with Crippen LogP contribution in [0.3, 0.4) is 0 Å². The van der Waals surface area contributed by atoms with E-state index in [1.165, 1.54) is 0 Å². The van der Waals surface area contributed by atoms with Gasteiger partial charge in [-0.25, -0.2) is 14.8 Å². The van der Waals surface area contributed by atoms with E-state index in [0.29, 0.717) is 30.1 Å². The smallest absolute Gasteiger partial charge is 0.338 e. The first-order valence-electron chi connectivity index (χ1n) is 11.5. The number of hydrogen-bond donors (Lipinski definition) is 3. The third-order valence-corrected chi connectivity index (χ3v) is 7.09. The number of carbonyl (C=O) groups excluding carboxylic acids is 1. The second-order valence-corrected chi connectivity index (χ2v) is 14.1. The van der Waals surface area contributed by atoms with Gasteiger partial charge in [-0.2, -0.15) is 0 Å². The number of ether oxygens (including phenoxy) is 4. The van der Waals surface area contributed by atoms with E-state index in [9.17, 15) is 20.1 Å². The molecule has 2 aromatic carbocycles. The lowest BCUT2D eigenvalue weighted by Gasteiger charge is -2.40. The van der Waals surface area contributed by atoms with E-state index in [4.69, 9.17) is 18.9 Å². The van der Waals surface area contributed by atoms with Crippen molar-refractivity contribution in [3.8, 4) is 5.75 Å². The van der Waals surface area contributed by atoms with Crippen LogP contribution >= 0.6 is 10.0 Å². The zero-order chi connectivity index (χ0) is 25.6. The summed E-state index contributed by atoms with van der Waals surface area (Å²) in [6.07, 6.45) is -0.106. The molecule has 8 nitrogen and oxygen atoms in total. The Morgan fingerprint density at radius 2 is 1.71 bits per heavy atom. The minimum atomic E-state index is -1.49. The summed E-state index contributed by atoms with van der Waals surface area (Å²) in [5.41, 5.74) is 2.03. The second-order valence-electron chi connectivity index (χ2n) is 9.53. The molecule has 1 heterocycles. The van der Waals surface area contributed by atoms with Crippen LogP contribution in [-0.4, -0.2) is 89.7 Å². The van der Waals surface area contributed by atoms with E-state index in [1.807, 2.05) is 30.3 Å². The summed E-state index contributed by atoms with van der Waals surface area (Å²) < 4.78 is 22.5. The van der Waals surface area contributed by atoms with Crippen molar-refractivity contribution in [3.63, 3.8) is 0 Å². The van der Waals surface area contributed by atoms with Crippen LogP contribution < -0.4 is 4.74 Å². The highest BCUT2D eigenvalue weighted by atomic mass is 32.3. The molecule has 1 fully saturated rings. The molecular formula is C26H36O8S. The van der Waals surface area contributed by atoms with Gasteiger partial charge < -0.3 is 34.3 Å². The van der Waals surface area contributed by atoms with E-state index in [0.717, 1.165) is 11.3 Å². The molecule has 0 spiro atoms. The molecule has 194 valence electrons. The Bertz CT molecular complexity index is 962. The average Bonchev–Trinajstić information content (AvgIpc) is 2.82. The number of hydrogen-bond acceptors (Lipinski definition) is 8. The van der Waals surface area contributed by atoms with Gasteiger partial charge in [-0.15, -0.1) is 0 Å². The Morgan fingerprint density at radius 1 is 1.00 bits per heavy atom. The summed E-state index contributed by atoms with van der Waals surface area (Å²) in [5, 5.41) is 30.8. The summed E-state index contributed by atoms with van der Waals surface area (Å²) in [6.45, 7) is 2.16. The van der Waals surface area contributed by atoms with Crippen LogP contribution in [0.1, 0.15) is 21.5 Å². The van der Waals surface area contributed by atoms with Crippen molar-refractivity contribution in [2.45, 2.75) is 44.2 Å². The Morgan fingerprint density at radius 3 is 2.40 bits per heavy atom. The number of aliphatic hydroxyl groups is 3. The number of aryl methyl sites for hydroxylation is 1. The van der Waals surface area contributed by atoms with Gasteiger partial charge in [0.15, 0.2) is 6.29 Å². The Balaban J connectivity index is 1.58. The first-order chi connectivity index (χ1) is 16.5. The molecule has 1 aliphatic rings. The fourth-order valence-electron chi connectivity index (χ4n) is 3.49. The lowest BCUT2D eigenvalue weighted by atomic mass is 9.99. The van der Waals surface area contributed by atoms with Gasteiger partial charge in [0.05, 0.1) is 12.2 Å². The fraction of sp³-hybridized carbons (Fsp3) is 0.500. The molecule has 3 rings (SSSR count). The molecule has 0 amide bonds. The van der Waals surface area contributed by atoms with Crippen molar-refractivity contribution in [1.29, 1.82) is 0 Å². The standard InChI is InChI=1S/C26H36O8S/c1-17-10-11-19(32-15-18-8-6-5-7-9-18)14-20(17)25(30)33-16-21-22(27)23(28)24(29)26(34-21)31-12-13-35(2,3)4/h5-11,14,21-24,26-29H,12-13,15-16H2,1-4H3/t21-,22-,23+,24-,26-/m1/s1. The lowest BCUT2D eigenvalue weighted by Crippen LogP contribution is -2.59. The zero-order valence-electron chi connectivity index (χ0n) is 20.6. The quantitative estimate of drug-likeness (QED) is 0.419. The first kappa shape index (κ1) is 27.4. The van der Waals surface area contributed by atoms with Crippen molar-refractivity contribution in [1.82, 2.24) is 0 Å². The van der Waals surface area contributed by atoms with Gasteiger partial charge in [0.2, 0.25) is 0 Å². The first-order valence-corrected chi connectivity index (χ1v) is 14.5. The Kier molecular flexibility index (Phi) is 9.57. The number of aliphatic hydroxyl groups excluding tert-OH is 3. The van der Waals surface area contributed by atoms with Crippen LogP contribution in [0, 0.1) is 6.92 Å². The molecule has 1 saturated heterocycles. The molecule has 0 unspecified atom stereocenters. The summed E-state index contributed by atoms with van der Waals surface area (Å²) in [5.74, 6) is 0.700. The highest BCUT2D eigenvalue weighted by Crippen LogP contribution is 2.34. The summed E-state index contributed by atoms with van der Waals surface area (Å²) >= 11 is 0. The monoisotopic (exact) mass is 508 g/mol. The summed E-state index contributed by atoms with van der Waals surface area (Å²) in [6, 6.07) is 14.8. The molecule has 9 heteroatoms. The SMILES string of the molecule is Cc1ccc(OCc2ccccc2)cc1C(=O)OC[C@H]1O[C@@H](OCCS(C)(C)C)[C@H](O)[C@@H](O)[C@@H]1O. The van der Waals surface area contributed by atoms with E-state index < -0.39 is 46.7 Å². The summed E-state index contributed by atoms with van der Waals surface area (Å²) in [4.78, 5) is 12.8. The molecule has 3 N–H and O–H groups in total. The molecule has 0 radical (unpaired) electrons. The Labute approximate surface area is 208 Å². The maximum absolute atomic E-state index is 12.8. The van der Waals surface area contributed by atoms with Crippen molar-refractivity contribution in [2.75, 3.05) is 37.7 Å².